The number of carbonyl (C=O) groups excluding carboxylic acids is 1. The maximum absolute atomic E-state index is 12.1. The van der Waals surface area contributed by atoms with E-state index in [-0.39, 0.29) is 11.7 Å². The Kier molecular flexibility index (Phi) is 6.81. The van der Waals surface area contributed by atoms with E-state index in [9.17, 15) is 9.90 Å². The van der Waals surface area contributed by atoms with Gasteiger partial charge in [0.1, 0.15) is 5.75 Å². The van der Waals surface area contributed by atoms with E-state index in [4.69, 9.17) is 11.6 Å². The first-order valence-electron chi connectivity index (χ1n) is 7.45. The summed E-state index contributed by atoms with van der Waals surface area (Å²) in [6.45, 7) is 0.598. The largest absolute Gasteiger partial charge is 0.508 e. The van der Waals surface area contributed by atoms with E-state index in [1.54, 1.807) is 28.8 Å². The summed E-state index contributed by atoms with van der Waals surface area (Å²) in [4.78, 5) is 15.0. The fraction of sp³-hybridized carbons (Fsp3) is 0.278. The van der Waals surface area contributed by atoms with Crippen LogP contribution >= 0.6 is 23.4 Å². The van der Waals surface area contributed by atoms with Gasteiger partial charge in [-0.2, -0.15) is 0 Å². The topological polar surface area (TPSA) is 40.5 Å². The Hall–Kier alpha value is -1.65. The number of rotatable bonds is 7. The lowest BCUT2D eigenvalue weighted by Crippen LogP contribution is -2.25. The molecule has 2 rings (SSSR count). The lowest BCUT2D eigenvalue weighted by Gasteiger charge is -2.17. The second-order valence-corrected chi connectivity index (χ2v) is 6.93. The molecule has 0 aliphatic carbocycles. The van der Waals surface area contributed by atoms with Crippen LogP contribution < -0.4 is 0 Å². The van der Waals surface area contributed by atoms with Gasteiger partial charge in [-0.15, -0.1) is 11.8 Å². The molecule has 5 heteroatoms. The van der Waals surface area contributed by atoms with Gasteiger partial charge in [0.15, 0.2) is 0 Å². The fourth-order valence-electron chi connectivity index (χ4n) is 2.10. The van der Waals surface area contributed by atoms with Crippen LogP contribution in [0, 0.1) is 0 Å². The number of phenols is 1. The molecular formula is C18H20ClNO2S. The van der Waals surface area contributed by atoms with Crippen molar-refractivity contribution in [1.29, 1.82) is 0 Å². The summed E-state index contributed by atoms with van der Waals surface area (Å²) in [5, 5.41) is 9.93. The molecule has 0 unspecified atom stereocenters. The summed E-state index contributed by atoms with van der Waals surface area (Å²) in [6, 6.07) is 14.7. The number of thioether (sulfide) groups is 1. The van der Waals surface area contributed by atoms with Gasteiger partial charge in [-0.1, -0.05) is 23.7 Å². The Labute approximate surface area is 146 Å². The van der Waals surface area contributed by atoms with Crippen LogP contribution in [0.15, 0.2) is 53.4 Å². The Balaban J connectivity index is 1.69. The van der Waals surface area contributed by atoms with Crippen molar-refractivity contribution in [3.8, 4) is 5.75 Å². The van der Waals surface area contributed by atoms with Gasteiger partial charge in [0, 0.05) is 29.9 Å². The molecule has 0 spiro atoms. The van der Waals surface area contributed by atoms with Crippen LogP contribution in [0.4, 0.5) is 0 Å². The molecule has 2 aromatic rings. The second kappa shape index (κ2) is 8.85. The van der Waals surface area contributed by atoms with E-state index in [0.717, 1.165) is 22.6 Å². The van der Waals surface area contributed by atoms with Crippen molar-refractivity contribution in [3.05, 3.63) is 59.1 Å². The highest BCUT2D eigenvalue weighted by atomic mass is 35.5. The predicted molar refractivity (Wildman–Crippen MR) is 96.0 cm³/mol. The van der Waals surface area contributed by atoms with Crippen molar-refractivity contribution >= 4 is 29.3 Å². The van der Waals surface area contributed by atoms with Gasteiger partial charge in [0.05, 0.1) is 0 Å². The molecule has 1 N–H and O–H groups in total. The third kappa shape index (κ3) is 6.16. The normalized spacial score (nSPS) is 10.5. The van der Waals surface area contributed by atoms with Crippen LogP contribution in [-0.4, -0.2) is 28.7 Å². The average molecular weight is 350 g/mol. The Morgan fingerprint density at radius 1 is 1.13 bits per heavy atom. The molecule has 0 bridgehead atoms. The summed E-state index contributed by atoms with van der Waals surface area (Å²) >= 11 is 7.55. The molecule has 0 saturated carbocycles. The fourth-order valence-corrected chi connectivity index (χ4v) is 3.08. The van der Waals surface area contributed by atoms with Crippen molar-refractivity contribution < 1.29 is 9.90 Å². The molecule has 0 heterocycles. The SMILES string of the molecule is CN(Cc1ccc(Cl)cc1)C(=O)CCCSc1ccc(O)cc1. The Bertz CT molecular complexity index is 628. The summed E-state index contributed by atoms with van der Waals surface area (Å²) in [5.41, 5.74) is 1.07. The maximum Gasteiger partial charge on any atom is 0.222 e. The van der Waals surface area contributed by atoms with Crippen LogP contribution in [0.25, 0.3) is 0 Å². The molecule has 1 amide bonds. The molecule has 23 heavy (non-hydrogen) atoms. The zero-order valence-electron chi connectivity index (χ0n) is 13.0. The van der Waals surface area contributed by atoms with Crippen molar-refractivity contribution in [2.45, 2.75) is 24.3 Å². The molecule has 2 aromatic carbocycles. The molecule has 0 radical (unpaired) electrons. The summed E-state index contributed by atoms with van der Waals surface area (Å²) in [6.07, 6.45) is 1.37. The number of nitrogens with zero attached hydrogens (tertiary/aromatic N) is 1. The molecule has 0 aromatic heterocycles. The van der Waals surface area contributed by atoms with Gasteiger partial charge in [0.2, 0.25) is 5.91 Å². The molecule has 0 saturated heterocycles. The van der Waals surface area contributed by atoms with Crippen molar-refractivity contribution in [1.82, 2.24) is 4.90 Å². The molecule has 122 valence electrons. The van der Waals surface area contributed by atoms with Crippen LogP contribution in [-0.2, 0) is 11.3 Å². The predicted octanol–water partition coefficient (Wildman–Crippen LogP) is 4.58. The number of carbonyl (C=O) groups is 1. The number of phenolic OH excluding ortho intramolecular Hbond substituents is 1. The first-order valence-corrected chi connectivity index (χ1v) is 8.81. The minimum absolute atomic E-state index is 0.145. The lowest BCUT2D eigenvalue weighted by molar-refractivity contribution is -0.130. The van der Waals surface area contributed by atoms with Crippen molar-refractivity contribution in [3.63, 3.8) is 0 Å². The average Bonchev–Trinajstić information content (AvgIpc) is 2.55. The lowest BCUT2D eigenvalue weighted by atomic mass is 10.2. The number of amides is 1. The van der Waals surface area contributed by atoms with Crippen LogP contribution in [0.3, 0.4) is 0 Å². The standard InChI is InChI=1S/C18H20ClNO2S/c1-20(13-14-4-6-15(19)7-5-14)18(22)3-2-12-23-17-10-8-16(21)9-11-17/h4-11,21H,2-3,12-13H2,1H3. The minimum atomic E-state index is 0.145. The number of aromatic hydroxyl groups is 1. The summed E-state index contributed by atoms with van der Waals surface area (Å²) in [5.74, 6) is 1.30. The minimum Gasteiger partial charge on any atom is -0.508 e. The highest BCUT2D eigenvalue weighted by Gasteiger charge is 2.09. The van der Waals surface area contributed by atoms with Crippen LogP contribution in [0.2, 0.25) is 5.02 Å². The van der Waals surface area contributed by atoms with E-state index in [2.05, 4.69) is 0 Å². The molecule has 0 aliphatic heterocycles. The number of hydrogen-bond donors (Lipinski definition) is 1. The first-order chi connectivity index (χ1) is 11.0. The smallest absolute Gasteiger partial charge is 0.222 e. The van der Waals surface area contributed by atoms with Gasteiger partial charge in [-0.25, -0.2) is 0 Å². The summed E-state index contributed by atoms with van der Waals surface area (Å²) in [7, 11) is 1.82. The Morgan fingerprint density at radius 2 is 1.78 bits per heavy atom. The second-order valence-electron chi connectivity index (χ2n) is 5.32. The molecule has 0 aliphatic rings. The molecule has 0 fully saturated rings. The molecule has 0 atom stereocenters. The van der Waals surface area contributed by atoms with E-state index >= 15 is 0 Å². The van der Waals surface area contributed by atoms with Gasteiger partial charge in [0.25, 0.3) is 0 Å². The van der Waals surface area contributed by atoms with Crippen LogP contribution in [0.5, 0.6) is 5.75 Å². The van der Waals surface area contributed by atoms with E-state index in [0.29, 0.717) is 18.0 Å². The van der Waals surface area contributed by atoms with Crippen LogP contribution in [0.1, 0.15) is 18.4 Å². The number of hydrogen-bond acceptors (Lipinski definition) is 3. The zero-order valence-corrected chi connectivity index (χ0v) is 14.6. The maximum atomic E-state index is 12.1. The molecule has 3 nitrogen and oxygen atoms in total. The number of halogens is 1. The van der Waals surface area contributed by atoms with Gasteiger partial charge in [-0.05, 0) is 54.1 Å². The highest BCUT2D eigenvalue weighted by molar-refractivity contribution is 7.99. The monoisotopic (exact) mass is 349 g/mol. The molecular weight excluding hydrogens is 330 g/mol. The van der Waals surface area contributed by atoms with Crippen molar-refractivity contribution in [2.24, 2.45) is 0 Å². The van der Waals surface area contributed by atoms with E-state index < -0.39 is 0 Å². The van der Waals surface area contributed by atoms with Gasteiger partial charge >= 0.3 is 0 Å². The summed E-state index contributed by atoms with van der Waals surface area (Å²) < 4.78 is 0. The van der Waals surface area contributed by atoms with E-state index in [1.165, 1.54) is 0 Å². The number of benzene rings is 2. The quantitative estimate of drug-likeness (QED) is 0.587. The third-order valence-electron chi connectivity index (χ3n) is 3.40. The van der Waals surface area contributed by atoms with Gasteiger partial charge < -0.3 is 10.0 Å². The van der Waals surface area contributed by atoms with E-state index in [1.807, 2.05) is 43.4 Å². The highest BCUT2D eigenvalue weighted by Crippen LogP contribution is 2.22. The van der Waals surface area contributed by atoms with Crippen molar-refractivity contribution in [2.75, 3.05) is 12.8 Å². The van der Waals surface area contributed by atoms with Gasteiger partial charge in [-0.3, -0.25) is 4.79 Å². The third-order valence-corrected chi connectivity index (χ3v) is 4.75. The Morgan fingerprint density at radius 3 is 2.43 bits per heavy atom. The zero-order chi connectivity index (χ0) is 16.7. The first kappa shape index (κ1) is 17.7.